The van der Waals surface area contributed by atoms with Gasteiger partial charge in [0.15, 0.2) is 147 Å². The van der Waals surface area contributed by atoms with Crippen molar-refractivity contribution in [2.75, 3.05) is 13.2 Å². The molecule has 5 heterocycles. The highest BCUT2D eigenvalue weighted by atomic mass is 16.7. The van der Waals surface area contributed by atoms with Gasteiger partial charge in [0.1, 0.15) is 31.0 Å². The number of rotatable bonds is 6. The Bertz CT molecular complexity index is 5480. The minimum Gasteiger partial charge on any atom is -0.504 e. The standard InChI is InChI=1S/C68H48O44/c69-20-1-12(2-21(70)37(20)78)59(92)109-55-53-29(10-102-60(93)13-3-22(71)38(79)44(85)31(13)33-15(62(95)107-53)5-24(73)40(81)46(33)87)104-67(100)57(55)112-66(99)19-9-27(76)43(84)50(91)51(19)106-52-28(77)8-18-36(49(52)90)32-14(4-23(72)39(80)45(32)86)61(94)103-11-30-54(108-63(18)96)56-58(68(101)105-30)111-65(98)17-7-26(75)42(83)48(89)35(17)34-16(64(97)110-56)6-25(74)41(82)47(34)88/h1-9,29-30,53-58,67-91,100-101H,10-11H2/t29-,30-,53-,54-,55+,56+,57-,58-,67?,68?/m1/s1. The van der Waals surface area contributed by atoms with Crippen molar-refractivity contribution in [1.82, 2.24) is 0 Å². The van der Waals surface area contributed by atoms with Crippen LogP contribution >= 0.6 is 0 Å². The summed E-state index contributed by atoms with van der Waals surface area (Å²) in [5.41, 5.74) is -17.2. The summed E-state index contributed by atoms with van der Waals surface area (Å²) in [6.07, 6.45) is -26.2. The van der Waals surface area contributed by atoms with Crippen LogP contribution in [0.3, 0.4) is 0 Å². The van der Waals surface area contributed by atoms with Gasteiger partial charge in [-0.1, -0.05) is 0 Å². The summed E-state index contributed by atoms with van der Waals surface area (Å²) in [5.74, 6) is -53.0. The molecule has 2 unspecified atom stereocenters. The lowest BCUT2D eigenvalue weighted by Crippen LogP contribution is -2.62. The summed E-state index contributed by atoms with van der Waals surface area (Å²) in [7, 11) is 0. The second-order valence-electron chi connectivity index (χ2n) is 24.6. The highest BCUT2D eigenvalue weighted by molar-refractivity contribution is 6.12. The fraction of sp³-hybridized carbons (Fsp3) is 0.176. The highest BCUT2D eigenvalue weighted by Crippen LogP contribution is 2.59. The van der Waals surface area contributed by atoms with Crippen LogP contribution in [0.25, 0.3) is 33.4 Å². The van der Waals surface area contributed by atoms with Gasteiger partial charge in [-0.2, -0.15) is 0 Å². The number of hydrogen-bond acceptors (Lipinski definition) is 44. The largest absolute Gasteiger partial charge is 0.504 e. The second-order valence-corrected chi connectivity index (χ2v) is 24.6. The highest BCUT2D eigenvalue weighted by Gasteiger charge is 2.57. The van der Waals surface area contributed by atoms with Crippen LogP contribution in [-0.2, 0) is 47.4 Å². The average molecular weight is 1570 g/mol. The molecule has 10 atom stereocenters. The Kier molecular flexibility index (Phi) is 18.1. The van der Waals surface area contributed by atoms with Crippen molar-refractivity contribution in [3.05, 3.63) is 99.1 Å². The zero-order valence-corrected chi connectivity index (χ0v) is 54.8. The van der Waals surface area contributed by atoms with Crippen molar-refractivity contribution in [3.63, 3.8) is 0 Å². The topological polar surface area (TPSA) is 744 Å². The molecule has 112 heavy (non-hydrogen) atoms. The molecule has 5 aliphatic heterocycles. The van der Waals surface area contributed by atoms with E-state index < -0.39 is 344 Å². The Hall–Kier alpha value is -15.4. The Morgan fingerprint density at radius 3 is 1.03 bits per heavy atom. The second kappa shape index (κ2) is 27.1. The van der Waals surface area contributed by atoms with Gasteiger partial charge in [-0.25, -0.2) is 38.4 Å². The lowest BCUT2D eigenvalue weighted by atomic mass is 9.91. The normalized spacial score (nSPS) is 21.3. The Morgan fingerprint density at radius 1 is 0.295 bits per heavy atom. The lowest BCUT2D eigenvalue weighted by Gasteiger charge is -2.43. The molecular weight excluding hydrogens is 1520 g/mol. The number of phenolic OH excluding ortho intramolecular Hbond substituents is 23. The molecule has 13 rings (SSSR count). The molecule has 584 valence electrons. The summed E-state index contributed by atoms with van der Waals surface area (Å²) >= 11 is 0. The van der Waals surface area contributed by atoms with Crippen LogP contribution in [-0.4, -0.2) is 250 Å². The maximum atomic E-state index is 15.2. The fourth-order valence-corrected chi connectivity index (χ4v) is 12.6. The molecule has 44 nitrogen and oxygen atoms in total. The first-order chi connectivity index (χ1) is 52.7. The van der Waals surface area contributed by atoms with Gasteiger partial charge in [-0.15, -0.1) is 0 Å². The number of esters is 8. The van der Waals surface area contributed by atoms with Gasteiger partial charge >= 0.3 is 47.8 Å². The van der Waals surface area contributed by atoms with Crippen LogP contribution in [0.5, 0.6) is 144 Å². The van der Waals surface area contributed by atoms with E-state index in [9.17, 15) is 156 Å². The summed E-state index contributed by atoms with van der Waals surface area (Å²) in [4.78, 5) is 117. The molecule has 0 saturated carbocycles. The smallest absolute Gasteiger partial charge is 0.342 e. The monoisotopic (exact) mass is 1570 g/mol. The third-order valence-corrected chi connectivity index (χ3v) is 17.9. The molecule has 5 aliphatic rings. The molecule has 0 aliphatic carbocycles. The first-order valence-electron chi connectivity index (χ1n) is 31.2. The maximum absolute atomic E-state index is 15.2. The number of ether oxygens (including phenoxy) is 11. The first-order valence-corrected chi connectivity index (χ1v) is 31.2. The van der Waals surface area contributed by atoms with Crippen LogP contribution < -0.4 is 4.74 Å². The van der Waals surface area contributed by atoms with Gasteiger partial charge in [0.05, 0.1) is 38.9 Å². The van der Waals surface area contributed by atoms with Gasteiger partial charge < -0.3 is 180 Å². The average Bonchev–Trinajstić information content (AvgIpc) is 1.21. The summed E-state index contributed by atoms with van der Waals surface area (Å²) in [6, 6.07) is 2.89. The van der Waals surface area contributed by atoms with Crippen molar-refractivity contribution < 1.29 is 218 Å². The number of fused-ring (bicyclic) bond motifs is 13. The van der Waals surface area contributed by atoms with E-state index in [2.05, 4.69) is 0 Å². The van der Waals surface area contributed by atoms with Gasteiger partial charge in [-0.3, -0.25) is 0 Å². The van der Waals surface area contributed by atoms with Crippen molar-refractivity contribution in [2.45, 2.75) is 61.4 Å². The van der Waals surface area contributed by atoms with Crippen molar-refractivity contribution in [2.24, 2.45) is 0 Å². The number of aliphatic hydroxyl groups is 2. The number of carbonyl (C=O) groups excluding carboxylic acids is 8. The van der Waals surface area contributed by atoms with Gasteiger partial charge in [0, 0.05) is 39.4 Å². The molecule has 0 aromatic heterocycles. The predicted octanol–water partition coefficient (Wildman–Crippen LogP) is 1.75. The van der Waals surface area contributed by atoms with E-state index in [-0.39, 0.29) is 12.1 Å². The Balaban J connectivity index is 0.919. The van der Waals surface area contributed by atoms with Crippen molar-refractivity contribution in [1.29, 1.82) is 0 Å². The number of hydrogen-bond donors (Lipinski definition) is 25. The summed E-state index contributed by atoms with van der Waals surface area (Å²) in [6.45, 7) is -2.75. The predicted molar refractivity (Wildman–Crippen MR) is 344 cm³/mol. The number of benzene rings is 8. The minimum absolute atomic E-state index is 0.130. The SMILES string of the molecule is O=C(O[C@H]1[C@@H]2OC(=O)c3cc(O)c(O)c(O)c3-c3c(cc(O)c(O)c3O)C(=O)OC[C@H]2OC(O)[C@@H]1OC(=O)c1cc(O)c(O)c(O)c1Oc1c(O)cc2c(c1O)-c1c(cc(O)c(O)c1O)C(=O)OC[C@H]1OC(O)[C@@H]3OC(=O)c4cc(O)c(O)c(O)c4-c4c(cc(O)c(O)c4O)C(=O)O[C@H]3[C@@H]1OC2=O)c1cc(O)c(O)c(O)c1. The quantitative estimate of drug-likeness (QED) is 0.0640. The lowest BCUT2D eigenvalue weighted by molar-refractivity contribution is -0.284. The van der Waals surface area contributed by atoms with Crippen LogP contribution in [0.1, 0.15) is 82.9 Å². The van der Waals surface area contributed by atoms with Gasteiger partial charge in [-0.05, 0) is 48.5 Å². The molecular formula is C68H48O44. The third-order valence-electron chi connectivity index (χ3n) is 17.9. The number of carbonyl (C=O) groups is 8. The van der Waals surface area contributed by atoms with E-state index in [4.69, 9.17) is 52.1 Å². The van der Waals surface area contributed by atoms with E-state index >= 15 is 9.59 Å². The van der Waals surface area contributed by atoms with E-state index in [0.717, 1.165) is 0 Å². The first kappa shape index (κ1) is 74.8. The number of aromatic hydroxyl groups is 23. The van der Waals surface area contributed by atoms with E-state index in [1.54, 1.807) is 0 Å². The number of cyclic esters (lactones) is 2. The third kappa shape index (κ3) is 12.0. The molecule has 0 radical (unpaired) electrons. The van der Waals surface area contributed by atoms with Gasteiger partial charge in [0.25, 0.3) is 0 Å². The Labute approximate surface area is 614 Å². The minimum atomic E-state index is -2.90. The zero-order chi connectivity index (χ0) is 81.5. The molecule has 0 spiro atoms. The zero-order valence-electron chi connectivity index (χ0n) is 54.8. The molecule has 2 fully saturated rings. The van der Waals surface area contributed by atoms with Crippen LogP contribution in [0, 0.1) is 0 Å². The number of aliphatic hydroxyl groups excluding tert-OH is 2. The van der Waals surface area contributed by atoms with Crippen LogP contribution in [0.4, 0.5) is 0 Å². The maximum Gasteiger partial charge on any atom is 0.342 e. The van der Waals surface area contributed by atoms with Crippen LogP contribution in [0.2, 0.25) is 0 Å². The molecule has 0 bridgehead atoms. The summed E-state index contributed by atoms with van der Waals surface area (Å²) < 4.78 is 61.2. The molecule has 25 N–H and O–H groups in total. The van der Waals surface area contributed by atoms with Gasteiger partial charge in [0.2, 0.25) is 46.0 Å². The molecule has 2 saturated heterocycles. The van der Waals surface area contributed by atoms with E-state index in [1.165, 1.54) is 0 Å². The van der Waals surface area contributed by atoms with Crippen LogP contribution in [0.15, 0.2) is 54.6 Å². The van der Waals surface area contributed by atoms with Crippen molar-refractivity contribution >= 4 is 47.8 Å². The molecule has 8 aromatic rings. The fourth-order valence-electron chi connectivity index (χ4n) is 12.6. The number of phenols is 23. The molecule has 8 aromatic carbocycles. The summed E-state index contributed by atoms with van der Waals surface area (Å²) in [5, 5.41) is 276. The Morgan fingerprint density at radius 2 is 0.607 bits per heavy atom. The van der Waals surface area contributed by atoms with E-state index in [1.807, 2.05) is 0 Å². The molecule has 0 amide bonds. The van der Waals surface area contributed by atoms with E-state index in [0.29, 0.717) is 42.5 Å². The van der Waals surface area contributed by atoms with Crippen molar-refractivity contribution in [3.8, 4) is 177 Å². The molecule has 44 heteroatoms.